The second-order valence-electron chi connectivity index (χ2n) is 4.82. The summed E-state index contributed by atoms with van der Waals surface area (Å²) in [6.07, 6.45) is 11.4. The third-order valence-electron chi connectivity index (χ3n) is 3.92. The number of hydrogen-bond donors (Lipinski definition) is 0. The van der Waals surface area contributed by atoms with Crippen LogP contribution in [0.25, 0.3) is 0 Å². The molecule has 1 unspecified atom stereocenters. The van der Waals surface area contributed by atoms with Gasteiger partial charge < -0.3 is 0 Å². The van der Waals surface area contributed by atoms with E-state index in [9.17, 15) is 0 Å². The van der Waals surface area contributed by atoms with Crippen LogP contribution in [0.3, 0.4) is 0 Å². The molecule has 0 heterocycles. The minimum Gasteiger partial charge on any atom is -0.0888 e. The molecule has 0 aromatic rings. The molecule has 0 aliphatic heterocycles. The van der Waals surface area contributed by atoms with Gasteiger partial charge in [-0.1, -0.05) is 55.5 Å². The fraction of sp³-hybridized carbons (Fsp3) is 1.00. The van der Waals surface area contributed by atoms with E-state index in [-0.39, 0.29) is 0 Å². The molecule has 0 spiro atoms. The van der Waals surface area contributed by atoms with Crippen LogP contribution in [0, 0.1) is 11.8 Å². The average molecular weight is 261 g/mol. The predicted molar refractivity (Wildman–Crippen MR) is 68.0 cm³/mol. The molecular weight excluding hydrogens is 236 g/mol. The molecule has 0 aromatic heterocycles. The van der Waals surface area contributed by atoms with Crippen molar-refractivity contribution in [3.8, 4) is 0 Å². The van der Waals surface area contributed by atoms with Gasteiger partial charge >= 0.3 is 0 Å². The Labute approximate surface area is 98.0 Å². The summed E-state index contributed by atoms with van der Waals surface area (Å²) < 4.78 is 0. The van der Waals surface area contributed by atoms with Gasteiger partial charge in [0.2, 0.25) is 0 Å². The van der Waals surface area contributed by atoms with E-state index in [1.165, 1.54) is 51.4 Å². The minimum absolute atomic E-state index is 0.811. The quantitative estimate of drug-likeness (QED) is 0.579. The molecule has 1 saturated carbocycles. The van der Waals surface area contributed by atoms with Gasteiger partial charge in [-0.2, -0.15) is 0 Å². The van der Waals surface area contributed by atoms with Crippen molar-refractivity contribution in [2.45, 2.75) is 70.0 Å². The van der Waals surface area contributed by atoms with Crippen LogP contribution in [0.4, 0.5) is 0 Å². The highest BCUT2D eigenvalue weighted by molar-refractivity contribution is 9.09. The Morgan fingerprint density at radius 2 is 1.64 bits per heavy atom. The first-order valence-electron chi connectivity index (χ1n) is 6.42. The second kappa shape index (κ2) is 6.87. The van der Waals surface area contributed by atoms with Crippen molar-refractivity contribution in [1.29, 1.82) is 0 Å². The zero-order chi connectivity index (χ0) is 10.4. The largest absolute Gasteiger partial charge is 0.0888 e. The molecule has 1 heteroatoms. The molecule has 0 aromatic carbocycles. The van der Waals surface area contributed by atoms with Gasteiger partial charge in [-0.25, -0.2) is 0 Å². The Bertz CT molecular complexity index is 134. The van der Waals surface area contributed by atoms with E-state index in [4.69, 9.17) is 0 Å². The molecule has 1 fully saturated rings. The van der Waals surface area contributed by atoms with Gasteiger partial charge in [-0.3, -0.25) is 0 Å². The highest BCUT2D eigenvalue weighted by Gasteiger charge is 2.22. The van der Waals surface area contributed by atoms with E-state index >= 15 is 0 Å². The van der Waals surface area contributed by atoms with Crippen molar-refractivity contribution in [1.82, 2.24) is 0 Å². The predicted octanol–water partition coefficient (Wildman–Crippen LogP) is 5.16. The molecular formula is C13H25Br. The van der Waals surface area contributed by atoms with Crippen LogP contribution in [-0.4, -0.2) is 4.83 Å². The molecule has 1 aliphatic rings. The third-order valence-corrected chi connectivity index (χ3v) is 5.12. The van der Waals surface area contributed by atoms with Gasteiger partial charge in [0.05, 0.1) is 0 Å². The summed E-state index contributed by atoms with van der Waals surface area (Å²) in [5.41, 5.74) is 0. The average Bonchev–Trinajstić information content (AvgIpc) is 2.72. The molecule has 0 N–H and O–H groups in total. The van der Waals surface area contributed by atoms with Crippen LogP contribution in [0.15, 0.2) is 0 Å². The molecule has 0 saturated heterocycles. The molecule has 1 aliphatic carbocycles. The van der Waals surface area contributed by atoms with Gasteiger partial charge in [0.15, 0.2) is 0 Å². The van der Waals surface area contributed by atoms with E-state index in [0.717, 1.165) is 16.7 Å². The lowest BCUT2D eigenvalue weighted by atomic mass is 9.93. The van der Waals surface area contributed by atoms with Crippen molar-refractivity contribution >= 4 is 15.9 Å². The fourth-order valence-corrected chi connectivity index (χ4v) is 3.44. The third kappa shape index (κ3) is 3.92. The number of hydrogen-bond acceptors (Lipinski definition) is 0. The molecule has 84 valence electrons. The topological polar surface area (TPSA) is 0 Å². The summed E-state index contributed by atoms with van der Waals surface area (Å²) in [6, 6.07) is 0. The zero-order valence-corrected chi connectivity index (χ0v) is 11.4. The van der Waals surface area contributed by atoms with E-state index < -0.39 is 0 Å². The first-order chi connectivity index (χ1) is 6.77. The van der Waals surface area contributed by atoms with Gasteiger partial charge in [0, 0.05) is 4.83 Å². The Balaban J connectivity index is 2.15. The molecule has 0 nitrogen and oxygen atoms in total. The molecule has 14 heavy (non-hydrogen) atoms. The number of alkyl halides is 1. The van der Waals surface area contributed by atoms with Gasteiger partial charge in [-0.05, 0) is 37.5 Å². The fourth-order valence-electron chi connectivity index (χ4n) is 2.65. The van der Waals surface area contributed by atoms with Gasteiger partial charge in [-0.15, -0.1) is 0 Å². The Kier molecular flexibility index (Phi) is 6.16. The molecule has 0 amide bonds. The van der Waals surface area contributed by atoms with E-state index in [1.807, 2.05) is 0 Å². The van der Waals surface area contributed by atoms with Crippen molar-refractivity contribution < 1.29 is 0 Å². The lowest BCUT2D eigenvalue weighted by Gasteiger charge is -2.19. The van der Waals surface area contributed by atoms with E-state index in [2.05, 4.69) is 29.8 Å². The van der Waals surface area contributed by atoms with Crippen molar-refractivity contribution in [2.75, 3.05) is 0 Å². The normalized spacial score (nSPS) is 20.6. The smallest absolute Gasteiger partial charge is 0.0174 e. The van der Waals surface area contributed by atoms with E-state index in [0.29, 0.717) is 0 Å². The summed E-state index contributed by atoms with van der Waals surface area (Å²) in [5.74, 6) is 1.96. The van der Waals surface area contributed by atoms with Crippen LogP contribution < -0.4 is 0 Å². The first kappa shape index (κ1) is 12.5. The van der Waals surface area contributed by atoms with Crippen molar-refractivity contribution in [3.05, 3.63) is 0 Å². The Morgan fingerprint density at radius 1 is 1.07 bits per heavy atom. The lowest BCUT2D eigenvalue weighted by Crippen LogP contribution is -2.12. The monoisotopic (exact) mass is 260 g/mol. The van der Waals surface area contributed by atoms with Crippen molar-refractivity contribution in [3.63, 3.8) is 0 Å². The number of rotatable bonds is 6. The molecule has 0 bridgehead atoms. The van der Waals surface area contributed by atoms with Crippen LogP contribution in [0.1, 0.15) is 65.2 Å². The standard InChI is InChI=1S/C13H25Br/c1-3-11(4-2)9-10-13(14)12-7-5-6-8-12/h11-13H,3-10H2,1-2H3. The maximum Gasteiger partial charge on any atom is 0.0174 e. The van der Waals surface area contributed by atoms with E-state index in [1.54, 1.807) is 0 Å². The minimum atomic E-state index is 0.811. The maximum atomic E-state index is 3.89. The Morgan fingerprint density at radius 3 is 2.14 bits per heavy atom. The maximum absolute atomic E-state index is 3.89. The molecule has 1 atom stereocenters. The summed E-state index contributed by atoms with van der Waals surface area (Å²) in [7, 11) is 0. The van der Waals surface area contributed by atoms with Gasteiger partial charge in [0.1, 0.15) is 0 Å². The summed E-state index contributed by atoms with van der Waals surface area (Å²) in [4.78, 5) is 0.811. The molecule has 1 rings (SSSR count). The van der Waals surface area contributed by atoms with Crippen molar-refractivity contribution in [2.24, 2.45) is 11.8 Å². The number of halogens is 1. The van der Waals surface area contributed by atoms with Crippen LogP contribution in [0.2, 0.25) is 0 Å². The summed E-state index contributed by atoms with van der Waals surface area (Å²) >= 11 is 3.89. The highest BCUT2D eigenvalue weighted by atomic mass is 79.9. The first-order valence-corrected chi connectivity index (χ1v) is 7.33. The summed E-state index contributed by atoms with van der Waals surface area (Å²) in [5, 5.41) is 0. The highest BCUT2D eigenvalue weighted by Crippen LogP contribution is 2.34. The van der Waals surface area contributed by atoms with Gasteiger partial charge in [0.25, 0.3) is 0 Å². The van der Waals surface area contributed by atoms with Crippen LogP contribution >= 0.6 is 15.9 Å². The Hall–Kier alpha value is 0.480. The lowest BCUT2D eigenvalue weighted by molar-refractivity contribution is 0.406. The summed E-state index contributed by atoms with van der Waals surface area (Å²) in [6.45, 7) is 4.65. The SMILES string of the molecule is CCC(CC)CCC(Br)C1CCCC1. The van der Waals surface area contributed by atoms with Crippen LogP contribution in [0.5, 0.6) is 0 Å². The van der Waals surface area contributed by atoms with Crippen LogP contribution in [-0.2, 0) is 0 Å². The zero-order valence-electron chi connectivity index (χ0n) is 9.77. The molecule has 0 radical (unpaired) electrons. The second-order valence-corrected chi connectivity index (χ2v) is 6.00.